The van der Waals surface area contributed by atoms with E-state index in [1.54, 1.807) is 54.5 Å². The Morgan fingerprint density at radius 1 is 1.14 bits per heavy atom. The lowest BCUT2D eigenvalue weighted by molar-refractivity contribution is -0.122. The molecule has 0 aliphatic carbocycles. The van der Waals surface area contributed by atoms with Crippen LogP contribution in [-0.2, 0) is 14.4 Å². The lowest BCUT2D eigenvalue weighted by atomic mass is 10.1. The summed E-state index contributed by atoms with van der Waals surface area (Å²) >= 11 is 0. The van der Waals surface area contributed by atoms with E-state index in [-0.39, 0.29) is 30.7 Å². The number of carbonyl (C=O) groups excluding carboxylic acids is 3. The maximum Gasteiger partial charge on any atom is 0.257 e. The van der Waals surface area contributed by atoms with Crippen molar-refractivity contribution < 1.29 is 23.9 Å². The summed E-state index contributed by atoms with van der Waals surface area (Å²) in [4.78, 5) is 38.0. The first kappa shape index (κ1) is 20.2. The molecular weight excluding hydrogens is 374 g/mol. The number of methoxy groups -OCH3 is 1. The molecule has 1 saturated heterocycles. The van der Waals surface area contributed by atoms with Crippen LogP contribution in [0.15, 0.2) is 48.5 Å². The predicted octanol–water partition coefficient (Wildman–Crippen LogP) is 1.81. The number of hydrogen-bond donors (Lipinski definition) is 2. The monoisotopic (exact) mass is 397 g/mol. The average Bonchev–Trinajstić information content (AvgIpc) is 3.14. The van der Waals surface area contributed by atoms with E-state index in [4.69, 9.17) is 9.47 Å². The van der Waals surface area contributed by atoms with Gasteiger partial charge in [0, 0.05) is 43.5 Å². The molecule has 1 fully saturated rings. The molecule has 1 atom stereocenters. The van der Waals surface area contributed by atoms with Crippen LogP contribution in [0.4, 0.5) is 11.4 Å². The molecule has 0 aromatic heterocycles. The van der Waals surface area contributed by atoms with Crippen molar-refractivity contribution in [3.8, 4) is 11.5 Å². The zero-order valence-electron chi connectivity index (χ0n) is 16.3. The van der Waals surface area contributed by atoms with Crippen molar-refractivity contribution >= 4 is 29.1 Å². The molecular formula is C21H23N3O5. The van der Waals surface area contributed by atoms with E-state index in [0.29, 0.717) is 29.4 Å². The van der Waals surface area contributed by atoms with Crippen LogP contribution in [0.5, 0.6) is 11.5 Å². The van der Waals surface area contributed by atoms with E-state index in [0.717, 1.165) is 0 Å². The van der Waals surface area contributed by atoms with E-state index < -0.39 is 5.92 Å². The van der Waals surface area contributed by atoms with E-state index in [1.807, 2.05) is 6.07 Å². The maximum absolute atomic E-state index is 12.7. The number of anilines is 2. The van der Waals surface area contributed by atoms with Crippen molar-refractivity contribution in [1.82, 2.24) is 5.32 Å². The maximum atomic E-state index is 12.7. The Morgan fingerprint density at radius 3 is 2.66 bits per heavy atom. The minimum Gasteiger partial charge on any atom is -0.497 e. The first-order chi connectivity index (χ1) is 14.0. The van der Waals surface area contributed by atoms with Crippen LogP contribution in [0.25, 0.3) is 0 Å². The Hall–Kier alpha value is -3.55. The normalized spacial score (nSPS) is 15.7. The van der Waals surface area contributed by atoms with E-state index in [2.05, 4.69) is 10.6 Å². The molecule has 1 aliphatic rings. The summed E-state index contributed by atoms with van der Waals surface area (Å²) in [5.74, 6) is 0.0441. The second kappa shape index (κ2) is 9.09. The molecule has 1 heterocycles. The number of benzene rings is 2. The van der Waals surface area contributed by atoms with Crippen LogP contribution in [0.1, 0.15) is 6.42 Å². The number of likely N-dealkylation sites (N-methyl/N-ethyl adjacent to an activating group) is 1. The van der Waals surface area contributed by atoms with E-state index in [9.17, 15) is 14.4 Å². The van der Waals surface area contributed by atoms with Crippen molar-refractivity contribution in [3.63, 3.8) is 0 Å². The van der Waals surface area contributed by atoms with Gasteiger partial charge in [-0.2, -0.15) is 0 Å². The highest BCUT2D eigenvalue weighted by Gasteiger charge is 2.35. The van der Waals surface area contributed by atoms with Gasteiger partial charge in [-0.15, -0.1) is 0 Å². The van der Waals surface area contributed by atoms with Gasteiger partial charge < -0.3 is 25.0 Å². The van der Waals surface area contributed by atoms with Gasteiger partial charge in [0.2, 0.25) is 11.8 Å². The quantitative estimate of drug-likeness (QED) is 0.743. The summed E-state index contributed by atoms with van der Waals surface area (Å²) in [6, 6.07) is 14.0. The van der Waals surface area contributed by atoms with E-state index >= 15 is 0 Å². The summed E-state index contributed by atoms with van der Waals surface area (Å²) in [6.07, 6.45) is 0.135. The second-order valence-corrected chi connectivity index (χ2v) is 6.59. The average molecular weight is 397 g/mol. The van der Waals surface area contributed by atoms with Gasteiger partial charge >= 0.3 is 0 Å². The Morgan fingerprint density at radius 2 is 1.90 bits per heavy atom. The molecule has 8 nitrogen and oxygen atoms in total. The molecule has 0 bridgehead atoms. The number of rotatable bonds is 7. The van der Waals surface area contributed by atoms with Crippen LogP contribution in [-0.4, -0.2) is 45.0 Å². The van der Waals surface area contributed by atoms with Crippen molar-refractivity contribution in [1.29, 1.82) is 0 Å². The minimum atomic E-state index is -0.468. The third-order valence-corrected chi connectivity index (χ3v) is 4.61. The van der Waals surface area contributed by atoms with Crippen LogP contribution < -0.4 is 25.0 Å². The molecule has 2 N–H and O–H groups in total. The van der Waals surface area contributed by atoms with Crippen LogP contribution in [0.2, 0.25) is 0 Å². The molecule has 3 rings (SSSR count). The van der Waals surface area contributed by atoms with Crippen molar-refractivity contribution in [3.05, 3.63) is 48.5 Å². The van der Waals surface area contributed by atoms with Gasteiger partial charge in [-0.25, -0.2) is 0 Å². The molecule has 0 radical (unpaired) electrons. The van der Waals surface area contributed by atoms with E-state index in [1.165, 1.54) is 7.05 Å². The van der Waals surface area contributed by atoms with Gasteiger partial charge in [-0.05, 0) is 24.3 Å². The Bertz CT molecular complexity index is 915. The van der Waals surface area contributed by atoms with Gasteiger partial charge in [-0.3, -0.25) is 14.4 Å². The Kier molecular flexibility index (Phi) is 6.33. The SMILES string of the molecule is CNC(=O)COc1cccc(NC(=O)C2CC(=O)N(c3cccc(OC)c3)C2)c1. The van der Waals surface area contributed by atoms with Crippen LogP contribution in [0.3, 0.4) is 0 Å². The standard InChI is InChI=1S/C21H23N3O5/c1-22-19(25)13-29-18-8-3-5-15(10-18)23-21(27)14-9-20(26)24(12-14)16-6-4-7-17(11-16)28-2/h3-8,10-11,14H,9,12-13H2,1-2H3,(H,22,25)(H,23,27). The number of nitrogens with zero attached hydrogens (tertiary/aromatic N) is 1. The summed E-state index contributed by atoms with van der Waals surface area (Å²) in [5, 5.41) is 5.29. The molecule has 1 aliphatic heterocycles. The van der Waals surface area contributed by atoms with Crippen LogP contribution in [0, 0.1) is 5.92 Å². The summed E-state index contributed by atoms with van der Waals surface area (Å²) in [5.41, 5.74) is 1.24. The first-order valence-corrected chi connectivity index (χ1v) is 9.19. The van der Waals surface area contributed by atoms with Crippen molar-refractivity contribution in [2.75, 3.05) is 37.5 Å². The van der Waals surface area contributed by atoms with Crippen molar-refractivity contribution in [2.45, 2.75) is 6.42 Å². The highest BCUT2D eigenvalue weighted by molar-refractivity contribution is 6.03. The Balaban J connectivity index is 1.63. The van der Waals surface area contributed by atoms with Gasteiger partial charge in [0.15, 0.2) is 6.61 Å². The highest BCUT2D eigenvalue weighted by atomic mass is 16.5. The summed E-state index contributed by atoms with van der Waals surface area (Å²) < 4.78 is 10.6. The van der Waals surface area contributed by atoms with Gasteiger partial charge in [0.05, 0.1) is 13.0 Å². The lowest BCUT2D eigenvalue weighted by Gasteiger charge is -2.17. The molecule has 152 valence electrons. The molecule has 0 saturated carbocycles. The molecule has 3 amide bonds. The molecule has 29 heavy (non-hydrogen) atoms. The smallest absolute Gasteiger partial charge is 0.257 e. The van der Waals surface area contributed by atoms with Gasteiger partial charge in [-0.1, -0.05) is 12.1 Å². The summed E-state index contributed by atoms with van der Waals surface area (Å²) in [7, 11) is 3.09. The number of carbonyl (C=O) groups is 3. The number of ether oxygens (including phenoxy) is 2. The van der Waals surface area contributed by atoms with Crippen molar-refractivity contribution in [2.24, 2.45) is 5.92 Å². The fraction of sp³-hybridized carbons (Fsp3) is 0.286. The zero-order chi connectivity index (χ0) is 20.8. The minimum absolute atomic E-state index is 0.110. The third-order valence-electron chi connectivity index (χ3n) is 4.61. The lowest BCUT2D eigenvalue weighted by Crippen LogP contribution is -2.28. The third kappa shape index (κ3) is 5.04. The summed E-state index contributed by atoms with van der Waals surface area (Å²) in [6.45, 7) is 0.186. The number of amides is 3. The topological polar surface area (TPSA) is 97.0 Å². The van der Waals surface area contributed by atoms with Crippen LogP contribution >= 0.6 is 0 Å². The van der Waals surface area contributed by atoms with Gasteiger partial charge in [0.1, 0.15) is 11.5 Å². The predicted molar refractivity (Wildman–Crippen MR) is 108 cm³/mol. The first-order valence-electron chi connectivity index (χ1n) is 9.19. The molecule has 0 spiro atoms. The van der Waals surface area contributed by atoms with Gasteiger partial charge in [0.25, 0.3) is 5.91 Å². The zero-order valence-corrected chi connectivity index (χ0v) is 16.3. The number of nitrogens with one attached hydrogen (secondary N) is 2. The molecule has 2 aromatic carbocycles. The molecule has 2 aromatic rings. The molecule has 1 unspecified atom stereocenters. The fourth-order valence-corrected chi connectivity index (χ4v) is 3.04. The largest absolute Gasteiger partial charge is 0.497 e. The highest BCUT2D eigenvalue weighted by Crippen LogP contribution is 2.29. The Labute approximate surface area is 168 Å². The number of hydrogen-bond acceptors (Lipinski definition) is 5. The molecule has 8 heteroatoms. The fourth-order valence-electron chi connectivity index (χ4n) is 3.04. The second-order valence-electron chi connectivity index (χ2n) is 6.59.